The molecule has 0 bridgehead atoms. The lowest BCUT2D eigenvalue weighted by atomic mass is 10.4. The van der Waals surface area contributed by atoms with Crippen molar-refractivity contribution in [2.75, 3.05) is 26.0 Å². The van der Waals surface area contributed by atoms with Gasteiger partial charge in [-0.1, -0.05) is 0 Å². The first kappa shape index (κ1) is 10.5. The number of nitrogens with zero attached hydrogens (tertiary/aromatic N) is 2. The van der Waals surface area contributed by atoms with E-state index in [0.717, 1.165) is 0 Å². The summed E-state index contributed by atoms with van der Waals surface area (Å²) < 4.78 is 0. The Labute approximate surface area is 82.9 Å². The van der Waals surface area contributed by atoms with Gasteiger partial charge in [-0.25, -0.2) is 4.98 Å². The van der Waals surface area contributed by atoms with E-state index in [-0.39, 0.29) is 11.7 Å². The summed E-state index contributed by atoms with van der Waals surface area (Å²) >= 11 is 0. The average molecular weight is 193 g/mol. The Balaban J connectivity index is 2.52. The van der Waals surface area contributed by atoms with Crippen LogP contribution in [0.2, 0.25) is 0 Å². The molecule has 0 saturated carbocycles. The Morgan fingerprint density at radius 2 is 2.29 bits per heavy atom. The molecule has 0 unspecified atom stereocenters. The summed E-state index contributed by atoms with van der Waals surface area (Å²) in [6.45, 7) is 0.336. The molecule has 0 spiro atoms. The number of likely N-dealkylation sites (N-methyl/N-ethyl adjacent to an activating group) is 1. The number of amides is 1. The molecule has 2 N–H and O–H groups in total. The van der Waals surface area contributed by atoms with Gasteiger partial charge in [0.25, 0.3) is 0 Å². The van der Waals surface area contributed by atoms with Gasteiger partial charge in [-0.15, -0.1) is 0 Å². The van der Waals surface area contributed by atoms with Crippen molar-refractivity contribution in [1.82, 2.24) is 15.6 Å². The first-order valence-corrected chi connectivity index (χ1v) is 4.20. The molecule has 75 valence electrons. The van der Waals surface area contributed by atoms with Gasteiger partial charge in [0, 0.05) is 0 Å². The number of aromatic nitrogens is 1. The lowest BCUT2D eigenvalue weighted by molar-refractivity contribution is -0.116. The van der Waals surface area contributed by atoms with Gasteiger partial charge in [0.1, 0.15) is 5.82 Å². The number of anilines is 1. The Morgan fingerprint density at radius 3 is 2.79 bits per heavy atom. The molecule has 1 aromatic rings. The largest absolute Gasteiger partial charge is 0.324 e. The topological polar surface area (TPSA) is 69.0 Å². The van der Waals surface area contributed by atoms with E-state index >= 15 is 0 Å². The van der Waals surface area contributed by atoms with Crippen molar-refractivity contribution >= 4 is 17.4 Å². The molecular weight excluding hydrogens is 180 g/mol. The second-order valence-electron chi connectivity index (χ2n) is 3.22. The van der Waals surface area contributed by atoms with Gasteiger partial charge in [0.2, 0.25) is 5.91 Å². The summed E-state index contributed by atoms with van der Waals surface area (Å²) in [5.74, 6) is 0.102. The van der Waals surface area contributed by atoms with E-state index in [1.807, 2.05) is 14.1 Å². The summed E-state index contributed by atoms with van der Waals surface area (Å²) in [6, 6.07) is 3.19. The maximum Gasteiger partial charge on any atom is 0.238 e. The first-order valence-electron chi connectivity index (χ1n) is 4.20. The van der Waals surface area contributed by atoms with Crippen molar-refractivity contribution in [3.63, 3.8) is 0 Å². The van der Waals surface area contributed by atoms with Crippen LogP contribution in [0.25, 0.3) is 0 Å². The molecule has 0 aliphatic heterocycles. The smallest absolute Gasteiger partial charge is 0.238 e. The zero-order chi connectivity index (χ0) is 10.6. The standard InChI is InChI=1S/C9H13N4O/c1-13(2)6-9(14)12-7-3-4-8(10)11-5-7/h3-5,10H,6H2,1-2H3,(H,12,14). The highest BCUT2D eigenvalue weighted by molar-refractivity contribution is 5.92. The van der Waals surface area contributed by atoms with Crippen molar-refractivity contribution in [2.45, 2.75) is 0 Å². The van der Waals surface area contributed by atoms with Gasteiger partial charge >= 0.3 is 0 Å². The fourth-order valence-electron chi connectivity index (χ4n) is 0.956. The number of hydrogen-bond acceptors (Lipinski definition) is 3. The van der Waals surface area contributed by atoms with E-state index in [1.165, 1.54) is 12.3 Å². The second kappa shape index (κ2) is 4.57. The SMILES string of the molecule is CN(C)CC(=O)Nc1ccc([NH])nc1. The first-order chi connectivity index (χ1) is 6.58. The van der Waals surface area contributed by atoms with Crippen LogP contribution in [0.4, 0.5) is 11.5 Å². The molecule has 0 fully saturated rings. The molecule has 0 aliphatic carbocycles. The molecule has 14 heavy (non-hydrogen) atoms. The lowest BCUT2D eigenvalue weighted by Crippen LogP contribution is -2.27. The minimum absolute atomic E-state index is 0.0884. The van der Waals surface area contributed by atoms with Crippen molar-refractivity contribution in [3.05, 3.63) is 18.3 Å². The van der Waals surface area contributed by atoms with E-state index in [9.17, 15) is 4.79 Å². The van der Waals surface area contributed by atoms with Crippen LogP contribution in [-0.2, 0) is 4.79 Å². The second-order valence-corrected chi connectivity index (χ2v) is 3.22. The molecule has 1 aromatic heterocycles. The van der Waals surface area contributed by atoms with Crippen LogP contribution in [0.5, 0.6) is 0 Å². The summed E-state index contributed by atoms with van der Waals surface area (Å²) in [6.07, 6.45) is 1.47. The molecule has 0 saturated heterocycles. The third-order valence-corrected chi connectivity index (χ3v) is 1.51. The fourth-order valence-corrected chi connectivity index (χ4v) is 0.956. The van der Waals surface area contributed by atoms with E-state index in [0.29, 0.717) is 12.2 Å². The zero-order valence-corrected chi connectivity index (χ0v) is 8.24. The Morgan fingerprint density at radius 1 is 1.57 bits per heavy atom. The Kier molecular flexibility index (Phi) is 3.41. The summed E-state index contributed by atoms with van der Waals surface area (Å²) in [4.78, 5) is 16.8. The summed E-state index contributed by atoms with van der Waals surface area (Å²) in [5, 5.41) is 2.67. The van der Waals surface area contributed by atoms with Gasteiger partial charge in [-0.3, -0.25) is 10.5 Å². The number of nitrogens with one attached hydrogen (secondary N) is 2. The van der Waals surface area contributed by atoms with Gasteiger partial charge < -0.3 is 10.2 Å². The normalized spacial score (nSPS) is 10.2. The highest BCUT2D eigenvalue weighted by Gasteiger charge is 2.03. The van der Waals surface area contributed by atoms with Gasteiger partial charge in [-0.2, -0.15) is 0 Å². The highest BCUT2D eigenvalue weighted by atomic mass is 16.2. The Hall–Kier alpha value is -1.62. The molecule has 0 atom stereocenters. The molecule has 1 radical (unpaired) electrons. The van der Waals surface area contributed by atoms with Crippen molar-refractivity contribution in [3.8, 4) is 0 Å². The van der Waals surface area contributed by atoms with Crippen LogP contribution in [0.1, 0.15) is 0 Å². The molecule has 1 heterocycles. The van der Waals surface area contributed by atoms with Crippen LogP contribution < -0.4 is 11.1 Å². The van der Waals surface area contributed by atoms with Crippen LogP contribution in [0.15, 0.2) is 18.3 Å². The number of carbonyl (C=O) groups excluding carboxylic acids is 1. The maximum absolute atomic E-state index is 11.3. The van der Waals surface area contributed by atoms with Crippen LogP contribution in [0, 0.1) is 0 Å². The van der Waals surface area contributed by atoms with E-state index in [4.69, 9.17) is 5.73 Å². The molecular formula is C9H13N4O. The number of pyridine rings is 1. The van der Waals surface area contributed by atoms with Gasteiger partial charge in [0.15, 0.2) is 0 Å². The predicted molar refractivity (Wildman–Crippen MR) is 54.2 cm³/mol. The third-order valence-electron chi connectivity index (χ3n) is 1.51. The van der Waals surface area contributed by atoms with E-state index in [2.05, 4.69) is 10.3 Å². The zero-order valence-electron chi connectivity index (χ0n) is 8.24. The van der Waals surface area contributed by atoms with Gasteiger partial charge in [0.05, 0.1) is 18.4 Å². The number of carbonyl (C=O) groups is 1. The fraction of sp³-hybridized carbons (Fsp3) is 0.333. The molecule has 1 rings (SSSR count). The predicted octanol–water partition coefficient (Wildman–Crippen LogP) is 0.496. The Bertz CT molecular complexity index is 307. The van der Waals surface area contributed by atoms with Crippen molar-refractivity contribution < 1.29 is 4.79 Å². The molecule has 1 amide bonds. The molecule has 0 aromatic carbocycles. The molecule has 5 nitrogen and oxygen atoms in total. The summed E-state index contributed by atoms with van der Waals surface area (Å²) in [5.41, 5.74) is 7.77. The summed E-state index contributed by atoms with van der Waals surface area (Å²) in [7, 11) is 3.65. The van der Waals surface area contributed by atoms with Crippen LogP contribution in [-0.4, -0.2) is 36.4 Å². The van der Waals surface area contributed by atoms with Crippen molar-refractivity contribution in [1.29, 1.82) is 0 Å². The van der Waals surface area contributed by atoms with Crippen LogP contribution >= 0.6 is 0 Å². The highest BCUT2D eigenvalue weighted by Crippen LogP contribution is 2.07. The third kappa shape index (κ3) is 3.40. The minimum atomic E-state index is -0.0884. The average Bonchev–Trinajstić information content (AvgIpc) is 2.07. The van der Waals surface area contributed by atoms with Crippen LogP contribution in [0.3, 0.4) is 0 Å². The molecule has 0 aliphatic rings. The minimum Gasteiger partial charge on any atom is -0.324 e. The monoisotopic (exact) mass is 193 g/mol. The number of hydrogen-bond donors (Lipinski definition) is 1. The lowest BCUT2D eigenvalue weighted by Gasteiger charge is -2.09. The number of rotatable bonds is 3. The van der Waals surface area contributed by atoms with Crippen molar-refractivity contribution in [2.24, 2.45) is 0 Å². The maximum atomic E-state index is 11.3. The molecule has 5 heteroatoms. The van der Waals surface area contributed by atoms with E-state index in [1.54, 1.807) is 11.0 Å². The van der Waals surface area contributed by atoms with E-state index < -0.39 is 0 Å². The van der Waals surface area contributed by atoms with Gasteiger partial charge in [-0.05, 0) is 26.2 Å². The quantitative estimate of drug-likeness (QED) is 0.759.